The van der Waals surface area contributed by atoms with Crippen molar-refractivity contribution in [3.05, 3.63) is 35.7 Å². The Morgan fingerprint density at radius 2 is 2.36 bits per heavy atom. The third kappa shape index (κ3) is 4.17. The summed E-state index contributed by atoms with van der Waals surface area (Å²) >= 11 is 0. The minimum absolute atomic E-state index is 0.196. The smallest absolute Gasteiger partial charge is 0.129 e. The highest BCUT2D eigenvalue weighted by atomic mass is 19.1. The molecule has 0 amide bonds. The van der Waals surface area contributed by atoms with Crippen LogP contribution in [0, 0.1) is 0 Å². The van der Waals surface area contributed by atoms with Crippen LogP contribution in [-0.4, -0.2) is 5.78 Å². The van der Waals surface area contributed by atoms with Crippen LogP contribution in [0.25, 0.3) is 0 Å². The van der Waals surface area contributed by atoms with Gasteiger partial charge in [0.25, 0.3) is 0 Å². The summed E-state index contributed by atoms with van der Waals surface area (Å²) in [5.41, 5.74) is 0.994. The maximum atomic E-state index is 12.9. The van der Waals surface area contributed by atoms with Gasteiger partial charge in [-0.3, -0.25) is 0 Å². The van der Waals surface area contributed by atoms with Crippen molar-refractivity contribution in [1.29, 1.82) is 0 Å². The molecule has 0 aromatic heterocycles. The zero-order valence-corrected chi connectivity index (χ0v) is 8.42. The summed E-state index contributed by atoms with van der Waals surface area (Å²) in [5, 5.41) is 0. The van der Waals surface area contributed by atoms with Crippen LogP contribution in [0.15, 0.2) is 35.7 Å². The molecule has 0 heterocycles. The second-order valence-corrected chi connectivity index (χ2v) is 3.50. The van der Waals surface area contributed by atoms with E-state index < -0.39 is 0 Å². The molecule has 1 aliphatic rings. The molecular formula is C12H15FO. The second kappa shape index (κ2) is 5.53. The Bertz CT molecular complexity index is 297. The van der Waals surface area contributed by atoms with E-state index in [1.807, 2.05) is 6.08 Å². The van der Waals surface area contributed by atoms with Crippen LogP contribution in [0.3, 0.4) is 0 Å². The Labute approximate surface area is 84.0 Å². The van der Waals surface area contributed by atoms with Gasteiger partial charge in [0.1, 0.15) is 11.6 Å². The van der Waals surface area contributed by atoms with E-state index in [1.165, 1.54) is 6.08 Å². The zero-order chi connectivity index (χ0) is 10.4. The van der Waals surface area contributed by atoms with Gasteiger partial charge in [-0.15, -0.1) is 0 Å². The average Bonchev–Trinajstić information content (AvgIpc) is 2.29. The van der Waals surface area contributed by atoms with E-state index in [0.717, 1.165) is 24.8 Å². The van der Waals surface area contributed by atoms with E-state index in [1.54, 1.807) is 19.1 Å². The first-order valence-electron chi connectivity index (χ1n) is 4.90. The number of Topliss-reactive ketones (excluding diaryl/α,β-unsaturated/α-hetero) is 1. The summed E-state index contributed by atoms with van der Waals surface area (Å²) in [4.78, 5) is 10.7. The first kappa shape index (κ1) is 10.9. The van der Waals surface area contributed by atoms with E-state index >= 15 is 0 Å². The first-order valence-corrected chi connectivity index (χ1v) is 4.90. The number of carbonyl (C=O) groups is 1. The highest BCUT2D eigenvalue weighted by Crippen LogP contribution is 2.17. The summed E-state index contributed by atoms with van der Waals surface area (Å²) in [6.07, 6.45) is 9.78. The molecule has 1 aliphatic carbocycles. The molecule has 0 spiro atoms. The van der Waals surface area contributed by atoms with Gasteiger partial charge in [0.15, 0.2) is 0 Å². The van der Waals surface area contributed by atoms with Crippen LogP contribution in [0.5, 0.6) is 0 Å². The normalized spacial score (nSPS) is 15.9. The van der Waals surface area contributed by atoms with Gasteiger partial charge < -0.3 is 4.79 Å². The summed E-state index contributed by atoms with van der Waals surface area (Å²) in [5.74, 6) is -0.00151. The largest absolute Gasteiger partial charge is 0.300 e. The lowest BCUT2D eigenvalue weighted by Gasteiger charge is -1.99. The molecule has 0 bridgehead atoms. The van der Waals surface area contributed by atoms with E-state index in [-0.39, 0.29) is 11.6 Å². The molecule has 1 rings (SSSR count). The summed E-state index contributed by atoms with van der Waals surface area (Å²) in [6, 6.07) is 0. The van der Waals surface area contributed by atoms with Crippen molar-refractivity contribution >= 4 is 5.78 Å². The third-order valence-corrected chi connectivity index (χ3v) is 2.11. The molecule has 0 N–H and O–H groups in total. The Morgan fingerprint density at radius 3 is 3.07 bits per heavy atom. The van der Waals surface area contributed by atoms with Gasteiger partial charge in [0, 0.05) is 6.42 Å². The molecule has 2 heteroatoms. The van der Waals surface area contributed by atoms with E-state index in [2.05, 4.69) is 0 Å². The monoisotopic (exact) mass is 194 g/mol. The number of hydrogen-bond donors (Lipinski definition) is 0. The molecule has 14 heavy (non-hydrogen) atoms. The lowest BCUT2D eigenvalue weighted by molar-refractivity contribution is -0.117. The van der Waals surface area contributed by atoms with Crippen LogP contribution in [0.1, 0.15) is 32.6 Å². The molecule has 0 saturated carbocycles. The van der Waals surface area contributed by atoms with Crippen LogP contribution >= 0.6 is 0 Å². The fourth-order valence-corrected chi connectivity index (χ4v) is 1.40. The Balaban J connectivity index is 2.41. The number of rotatable bonds is 4. The minimum atomic E-state index is -0.198. The van der Waals surface area contributed by atoms with Gasteiger partial charge >= 0.3 is 0 Å². The Hall–Kier alpha value is -1.18. The molecule has 0 atom stereocenters. The van der Waals surface area contributed by atoms with Crippen LogP contribution in [0.4, 0.5) is 4.39 Å². The van der Waals surface area contributed by atoms with Crippen molar-refractivity contribution in [2.75, 3.05) is 0 Å². The van der Waals surface area contributed by atoms with Gasteiger partial charge in [0.2, 0.25) is 0 Å². The number of halogens is 1. The number of hydrogen-bond acceptors (Lipinski definition) is 1. The van der Waals surface area contributed by atoms with Crippen LogP contribution < -0.4 is 0 Å². The summed E-state index contributed by atoms with van der Waals surface area (Å²) in [6.45, 7) is 1.58. The third-order valence-electron chi connectivity index (χ3n) is 2.11. The maximum Gasteiger partial charge on any atom is 0.129 e. The molecule has 0 unspecified atom stereocenters. The summed E-state index contributed by atoms with van der Waals surface area (Å²) in [7, 11) is 0. The fourth-order valence-electron chi connectivity index (χ4n) is 1.40. The Morgan fingerprint density at radius 1 is 1.57 bits per heavy atom. The van der Waals surface area contributed by atoms with Gasteiger partial charge in [0.05, 0.1) is 0 Å². The second-order valence-electron chi connectivity index (χ2n) is 3.50. The SMILES string of the molecule is CC(=O)CCCC1=CCC=CC(F)=C1. The van der Waals surface area contributed by atoms with Crippen LogP contribution in [-0.2, 0) is 4.79 Å². The molecule has 0 radical (unpaired) electrons. The topological polar surface area (TPSA) is 17.1 Å². The number of ketones is 1. The maximum absolute atomic E-state index is 12.9. The van der Waals surface area contributed by atoms with Crippen molar-refractivity contribution in [3.63, 3.8) is 0 Å². The lowest BCUT2D eigenvalue weighted by Crippen LogP contribution is -1.90. The van der Waals surface area contributed by atoms with Gasteiger partial charge in [-0.1, -0.05) is 12.2 Å². The average molecular weight is 194 g/mol. The predicted molar refractivity (Wildman–Crippen MR) is 55.6 cm³/mol. The van der Waals surface area contributed by atoms with Crippen molar-refractivity contribution < 1.29 is 9.18 Å². The van der Waals surface area contributed by atoms with Gasteiger partial charge in [-0.05, 0) is 43.9 Å². The highest BCUT2D eigenvalue weighted by Gasteiger charge is 2.00. The number of carbonyl (C=O) groups excluding carboxylic acids is 1. The lowest BCUT2D eigenvalue weighted by atomic mass is 10.1. The fraction of sp³-hybridized carbons (Fsp3) is 0.417. The molecule has 0 aliphatic heterocycles. The molecule has 0 saturated heterocycles. The molecule has 0 aromatic carbocycles. The van der Waals surface area contributed by atoms with Crippen molar-refractivity contribution in [2.24, 2.45) is 0 Å². The van der Waals surface area contributed by atoms with Gasteiger partial charge in [-0.25, -0.2) is 4.39 Å². The van der Waals surface area contributed by atoms with E-state index in [4.69, 9.17) is 0 Å². The van der Waals surface area contributed by atoms with E-state index in [0.29, 0.717) is 6.42 Å². The quantitative estimate of drug-likeness (QED) is 0.669. The highest BCUT2D eigenvalue weighted by molar-refractivity contribution is 5.75. The molecular weight excluding hydrogens is 179 g/mol. The van der Waals surface area contributed by atoms with Gasteiger partial charge in [-0.2, -0.15) is 0 Å². The van der Waals surface area contributed by atoms with Crippen LogP contribution in [0.2, 0.25) is 0 Å². The Kier molecular flexibility index (Phi) is 4.30. The molecule has 0 fully saturated rings. The predicted octanol–water partition coefficient (Wildman–Crippen LogP) is 3.49. The molecule has 76 valence electrons. The van der Waals surface area contributed by atoms with Crippen molar-refractivity contribution in [3.8, 4) is 0 Å². The minimum Gasteiger partial charge on any atom is -0.300 e. The number of allylic oxidation sites excluding steroid dienone is 6. The zero-order valence-electron chi connectivity index (χ0n) is 8.42. The van der Waals surface area contributed by atoms with E-state index in [9.17, 15) is 9.18 Å². The molecule has 0 aromatic rings. The van der Waals surface area contributed by atoms with Crippen molar-refractivity contribution in [1.82, 2.24) is 0 Å². The molecule has 1 nitrogen and oxygen atoms in total. The van der Waals surface area contributed by atoms with Crippen molar-refractivity contribution in [2.45, 2.75) is 32.6 Å². The standard InChI is InChI=1S/C12H15FO/c1-10(14)5-4-7-11-6-2-3-8-12(13)9-11/h3,6,8-9H,2,4-5,7H2,1H3. The summed E-state index contributed by atoms with van der Waals surface area (Å²) < 4.78 is 12.9. The first-order chi connectivity index (χ1) is 6.68.